The molecule has 6 N–H and O–H groups in total. The number of nitrogen functional groups attached to an aromatic ring is 1. The fourth-order valence-corrected chi connectivity index (χ4v) is 6.44. The molecule has 1 aromatic heterocycles. The Morgan fingerprint density at radius 1 is 1.11 bits per heavy atom. The first-order valence-electron chi connectivity index (χ1n) is 11.8. The van der Waals surface area contributed by atoms with Crippen LogP contribution < -0.4 is 11.5 Å². The average molecular weight is 507 g/mol. The standard InChI is InChI=1S/C26H26N4O7/c1-30(2)20-14-8-11-7-13-12(10-3-6-16(27)29-9-10)4-5-15(31)18(13)21(32)17(11)23(34)26(14,37)24(35)19(22(20)33)25(28)36/h3-6,9,11,14,17,19-20,31,37H,7-8H2,1-2H3,(H2,27,29)(H2,28,36). The molecular formula is C26H26N4O7. The summed E-state index contributed by atoms with van der Waals surface area (Å²) in [5.74, 6) is -10.4. The number of hydrogen-bond donors (Lipinski definition) is 4. The van der Waals surface area contributed by atoms with Crippen LogP contribution >= 0.6 is 0 Å². The number of nitrogens with two attached hydrogens (primary N) is 2. The van der Waals surface area contributed by atoms with Crippen LogP contribution in [0.1, 0.15) is 22.3 Å². The number of pyridine rings is 1. The summed E-state index contributed by atoms with van der Waals surface area (Å²) in [5.41, 5.74) is 9.98. The van der Waals surface area contributed by atoms with Crippen LogP contribution in [-0.4, -0.2) is 74.9 Å². The third kappa shape index (κ3) is 3.34. The molecule has 192 valence electrons. The largest absolute Gasteiger partial charge is 0.507 e. The lowest BCUT2D eigenvalue weighted by atomic mass is 9.52. The van der Waals surface area contributed by atoms with E-state index in [4.69, 9.17) is 11.5 Å². The number of nitrogens with zero attached hydrogens (tertiary/aromatic N) is 2. The minimum absolute atomic E-state index is 0.0149. The van der Waals surface area contributed by atoms with Crippen molar-refractivity contribution in [3.63, 3.8) is 0 Å². The van der Waals surface area contributed by atoms with Crippen molar-refractivity contribution in [1.82, 2.24) is 9.88 Å². The summed E-state index contributed by atoms with van der Waals surface area (Å²) in [7, 11) is 3.08. The molecule has 0 bridgehead atoms. The lowest BCUT2D eigenvalue weighted by molar-refractivity contribution is -0.181. The number of carbonyl (C=O) groups excluding carboxylic acids is 5. The number of phenols is 1. The second kappa shape index (κ2) is 8.29. The molecule has 1 heterocycles. The number of Topliss-reactive ketones (excluding diaryl/α,β-unsaturated/α-hetero) is 4. The zero-order valence-electron chi connectivity index (χ0n) is 20.2. The predicted molar refractivity (Wildman–Crippen MR) is 129 cm³/mol. The third-order valence-electron chi connectivity index (χ3n) is 8.04. The first kappa shape index (κ1) is 24.7. The van der Waals surface area contributed by atoms with E-state index in [0.717, 1.165) is 0 Å². The van der Waals surface area contributed by atoms with Gasteiger partial charge in [0.15, 0.2) is 34.7 Å². The van der Waals surface area contributed by atoms with Gasteiger partial charge in [0.05, 0.1) is 17.5 Å². The van der Waals surface area contributed by atoms with E-state index in [0.29, 0.717) is 22.5 Å². The number of aliphatic hydroxyl groups is 1. The Morgan fingerprint density at radius 2 is 1.81 bits per heavy atom. The van der Waals surface area contributed by atoms with Crippen LogP contribution in [0.15, 0.2) is 30.5 Å². The molecule has 0 saturated heterocycles. The van der Waals surface area contributed by atoms with Gasteiger partial charge in [-0.05, 0) is 62.2 Å². The molecule has 1 aromatic carbocycles. The number of likely N-dealkylation sites (N-methyl/N-ethyl adjacent to an activating group) is 1. The first-order chi connectivity index (χ1) is 17.4. The molecule has 2 saturated carbocycles. The Morgan fingerprint density at radius 3 is 2.41 bits per heavy atom. The topological polar surface area (TPSA) is 194 Å². The fraction of sp³-hybridized carbons (Fsp3) is 0.385. The molecule has 5 rings (SSSR count). The van der Waals surface area contributed by atoms with Crippen molar-refractivity contribution in [1.29, 1.82) is 0 Å². The van der Waals surface area contributed by atoms with Crippen molar-refractivity contribution < 1.29 is 34.2 Å². The van der Waals surface area contributed by atoms with Crippen molar-refractivity contribution in [3.05, 3.63) is 41.6 Å². The van der Waals surface area contributed by atoms with Gasteiger partial charge in [-0.15, -0.1) is 0 Å². The van der Waals surface area contributed by atoms with Crippen LogP contribution in [0.5, 0.6) is 5.75 Å². The smallest absolute Gasteiger partial charge is 0.235 e. The number of benzene rings is 1. The van der Waals surface area contributed by atoms with Gasteiger partial charge in [-0.1, -0.05) is 6.07 Å². The summed E-state index contributed by atoms with van der Waals surface area (Å²) in [6.45, 7) is 0. The van der Waals surface area contributed by atoms with Gasteiger partial charge in [-0.3, -0.25) is 28.9 Å². The normalized spacial score (nSPS) is 31.1. The lowest BCUT2D eigenvalue weighted by Gasteiger charge is -2.52. The number of aromatic nitrogens is 1. The number of carbonyl (C=O) groups is 5. The summed E-state index contributed by atoms with van der Waals surface area (Å²) in [5, 5.41) is 22.2. The molecule has 2 fully saturated rings. The molecule has 6 atom stereocenters. The van der Waals surface area contributed by atoms with Crippen LogP contribution in [0.4, 0.5) is 5.82 Å². The average Bonchev–Trinajstić information content (AvgIpc) is 2.82. The number of anilines is 1. The summed E-state index contributed by atoms with van der Waals surface area (Å²) >= 11 is 0. The van der Waals surface area contributed by atoms with Gasteiger partial charge in [0.1, 0.15) is 11.6 Å². The van der Waals surface area contributed by atoms with Gasteiger partial charge in [0, 0.05) is 17.7 Å². The second-order valence-corrected chi connectivity index (χ2v) is 10.2. The Kier molecular flexibility index (Phi) is 5.54. The van der Waals surface area contributed by atoms with Crippen LogP contribution in [0.3, 0.4) is 0 Å². The number of phenolic OH excluding ortho intramolecular Hbond substituents is 1. The van der Waals surface area contributed by atoms with Crippen molar-refractivity contribution in [3.8, 4) is 16.9 Å². The van der Waals surface area contributed by atoms with E-state index in [9.17, 15) is 34.2 Å². The summed E-state index contributed by atoms with van der Waals surface area (Å²) < 4.78 is 0. The fourth-order valence-electron chi connectivity index (χ4n) is 6.44. The van der Waals surface area contributed by atoms with E-state index in [2.05, 4.69) is 4.98 Å². The molecule has 0 spiro atoms. The SMILES string of the molecule is CN(C)C1C(=O)C(C(N)=O)C(=O)C2(O)C(=O)C3C(=O)c4c(O)ccc(-c5ccc(N)nc5)c4CC3CC12. The van der Waals surface area contributed by atoms with E-state index in [1.807, 2.05) is 0 Å². The number of fused-ring (bicyclic) bond motifs is 3. The third-order valence-corrected chi connectivity index (χ3v) is 8.04. The molecule has 0 radical (unpaired) electrons. The summed E-state index contributed by atoms with van der Waals surface area (Å²) in [6.07, 6.45) is 1.69. The maximum atomic E-state index is 13.8. The number of hydrogen-bond acceptors (Lipinski definition) is 10. The lowest BCUT2D eigenvalue weighted by Crippen LogP contribution is -2.74. The van der Waals surface area contributed by atoms with Gasteiger partial charge in [0.2, 0.25) is 5.91 Å². The molecule has 2 aromatic rings. The Balaban J connectivity index is 1.66. The van der Waals surface area contributed by atoms with Crippen LogP contribution in [0.2, 0.25) is 0 Å². The zero-order chi connectivity index (χ0) is 27.0. The highest BCUT2D eigenvalue weighted by Gasteiger charge is 2.69. The van der Waals surface area contributed by atoms with Crippen LogP contribution in [0, 0.1) is 23.7 Å². The monoisotopic (exact) mass is 506 g/mol. The maximum Gasteiger partial charge on any atom is 0.235 e. The van der Waals surface area contributed by atoms with Crippen LogP contribution in [-0.2, 0) is 25.6 Å². The van der Waals surface area contributed by atoms with Gasteiger partial charge >= 0.3 is 0 Å². The predicted octanol–water partition coefficient (Wildman–Crippen LogP) is -0.489. The van der Waals surface area contributed by atoms with E-state index in [1.165, 1.54) is 17.2 Å². The molecular weight excluding hydrogens is 480 g/mol. The first-order valence-corrected chi connectivity index (χ1v) is 11.8. The highest BCUT2D eigenvalue weighted by molar-refractivity contribution is 6.32. The summed E-state index contributed by atoms with van der Waals surface area (Å²) in [6, 6.07) is 5.15. The minimum atomic E-state index is -2.75. The number of rotatable bonds is 3. The number of aromatic hydroxyl groups is 1. The quantitative estimate of drug-likeness (QED) is 0.395. The Hall–Kier alpha value is -3.96. The molecule has 3 aliphatic rings. The van der Waals surface area contributed by atoms with Crippen molar-refractivity contribution in [2.45, 2.75) is 24.5 Å². The van der Waals surface area contributed by atoms with E-state index >= 15 is 0 Å². The minimum Gasteiger partial charge on any atom is -0.507 e. The summed E-state index contributed by atoms with van der Waals surface area (Å²) in [4.78, 5) is 71.6. The molecule has 11 heteroatoms. The van der Waals surface area contributed by atoms with Crippen molar-refractivity contribution in [2.24, 2.45) is 29.4 Å². The van der Waals surface area contributed by atoms with Gasteiger partial charge in [0.25, 0.3) is 0 Å². The zero-order valence-corrected chi connectivity index (χ0v) is 20.2. The van der Waals surface area contributed by atoms with E-state index < -0.39 is 64.4 Å². The van der Waals surface area contributed by atoms with Crippen molar-refractivity contribution >= 4 is 34.9 Å². The highest BCUT2D eigenvalue weighted by Crippen LogP contribution is 2.51. The Labute approximate surface area is 211 Å². The number of amides is 1. The second-order valence-electron chi connectivity index (χ2n) is 10.2. The van der Waals surface area contributed by atoms with Gasteiger partial charge in [-0.25, -0.2) is 4.98 Å². The van der Waals surface area contributed by atoms with E-state index in [-0.39, 0.29) is 24.2 Å². The van der Waals surface area contributed by atoms with Crippen molar-refractivity contribution in [2.75, 3.05) is 19.8 Å². The molecule has 1 amide bonds. The molecule has 37 heavy (non-hydrogen) atoms. The van der Waals surface area contributed by atoms with Gasteiger partial charge < -0.3 is 21.7 Å². The molecule has 11 nitrogen and oxygen atoms in total. The highest BCUT2D eigenvalue weighted by atomic mass is 16.3. The maximum absolute atomic E-state index is 13.8. The van der Waals surface area contributed by atoms with Gasteiger partial charge in [-0.2, -0.15) is 0 Å². The molecule has 3 aliphatic carbocycles. The van der Waals surface area contributed by atoms with Crippen LogP contribution in [0.25, 0.3) is 11.1 Å². The Bertz CT molecular complexity index is 1390. The molecule has 0 aliphatic heterocycles. The van der Waals surface area contributed by atoms with E-state index in [1.54, 1.807) is 32.3 Å². The molecule has 6 unspecified atom stereocenters. The number of primary amides is 1. The number of ketones is 4.